The van der Waals surface area contributed by atoms with E-state index in [4.69, 9.17) is 24.4 Å². The summed E-state index contributed by atoms with van der Waals surface area (Å²) < 4.78 is 8.51. The van der Waals surface area contributed by atoms with Crippen LogP contribution in [0.2, 0.25) is 0 Å². The molecule has 0 aliphatic rings. The maximum Gasteiger partial charge on any atom is 0.227 e. The number of aromatic nitrogens is 4. The predicted octanol–water partition coefficient (Wildman–Crippen LogP) is 11.9. The van der Waals surface area contributed by atoms with Crippen molar-refractivity contribution in [2.75, 3.05) is 0 Å². The molecule has 0 spiro atoms. The summed E-state index contributed by atoms with van der Waals surface area (Å²) in [5.41, 5.74) is 7.57. The summed E-state index contributed by atoms with van der Waals surface area (Å²) in [6, 6.07) is 54.0. The SMILES string of the molecule is c1ccc(-c2nc(-c3ccc4ccccc4c3-c3ccccc3)nc(-c3cccc4sc5cc6oc(-c7ccccc7)nc6cc5c34)n2)cc1. The Bertz CT molecular complexity index is 2860. The van der Waals surface area contributed by atoms with E-state index in [0.29, 0.717) is 23.4 Å². The monoisotopic (exact) mass is 658 g/mol. The van der Waals surface area contributed by atoms with Gasteiger partial charge in [0.1, 0.15) is 5.52 Å². The molecule has 0 unspecified atom stereocenters. The van der Waals surface area contributed by atoms with Crippen LogP contribution in [0.1, 0.15) is 0 Å². The highest BCUT2D eigenvalue weighted by Gasteiger charge is 2.21. The number of hydrogen-bond acceptors (Lipinski definition) is 6. The Kier molecular flexibility index (Phi) is 6.60. The Morgan fingerprint density at radius 1 is 0.440 bits per heavy atom. The van der Waals surface area contributed by atoms with Gasteiger partial charge in [-0.3, -0.25) is 0 Å². The smallest absolute Gasteiger partial charge is 0.227 e. The second-order valence-electron chi connectivity index (χ2n) is 12.2. The number of hydrogen-bond donors (Lipinski definition) is 0. The van der Waals surface area contributed by atoms with Crippen LogP contribution in [0.25, 0.3) is 98.8 Å². The van der Waals surface area contributed by atoms with E-state index in [2.05, 4.69) is 91.0 Å². The third-order valence-electron chi connectivity index (χ3n) is 9.17. The zero-order valence-corrected chi connectivity index (χ0v) is 27.4. The molecule has 0 amide bonds. The van der Waals surface area contributed by atoms with E-state index in [9.17, 15) is 0 Å². The topological polar surface area (TPSA) is 64.7 Å². The Morgan fingerprint density at radius 3 is 1.88 bits per heavy atom. The van der Waals surface area contributed by atoms with Crippen LogP contribution in [0.5, 0.6) is 0 Å². The van der Waals surface area contributed by atoms with Crippen molar-refractivity contribution in [2.24, 2.45) is 0 Å². The molecule has 0 aliphatic heterocycles. The zero-order chi connectivity index (χ0) is 33.0. The van der Waals surface area contributed by atoms with Crippen LogP contribution in [0.4, 0.5) is 0 Å². The second kappa shape index (κ2) is 11.6. The van der Waals surface area contributed by atoms with Gasteiger partial charge in [0.15, 0.2) is 23.1 Å². The first-order chi connectivity index (χ1) is 24.8. The average Bonchev–Trinajstić information content (AvgIpc) is 3.78. The van der Waals surface area contributed by atoms with Gasteiger partial charge < -0.3 is 4.42 Å². The standard InChI is InChI=1S/C44H26N4OS/c1-4-14-28(15-5-1)39-31-20-11-10-13-27(31)23-24-33(39)43-47-41(29-16-6-2-7-17-29)46-42(48-43)32-21-12-22-37-40(32)34-25-35-36(26-38(34)50-37)49-44(45-35)30-18-8-3-9-19-30/h1-26H. The molecule has 0 fully saturated rings. The fraction of sp³-hybridized carbons (Fsp3) is 0. The lowest BCUT2D eigenvalue weighted by Gasteiger charge is -2.15. The molecular formula is C44H26N4OS. The number of rotatable bonds is 5. The Hall–Kier alpha value is -6.50. The lowest BCUT2D eigenvalue weighted by atomic mass is 9.93. The molecule has 0 atom stereocenters. The largest absolute Gasteiger partial charge is 0.436 e. The molecule has 0 radical (unpaired) electrons. The first-order valence-electron chi connectivity index (χ1n) is 16.5. The molecule has 7 aromatic carbocycles. The highest BCUT2D eigenvalue weighted by molar-refractivity contribution is 7.26. The van der Waals surface area contributed by atoms with Crippen LogP contribution in [-0.2, 0) is 0 Å². The minimum atomic E-state index is 0.613. The van der Waals surface area contributed by atoms with E-state index in [-0.39, 0.29) is 0 Å². The normalized spacial score (nSPS) is 11.6. The number of benzene rings is 7. The minimum Gasteiger partial charge on any atom is -0.436 e. The van der Waals surface area contributed by atoms with Crippen molar-refractivity contribution in [2.45, 2.75) is 0 Å². The van der Waals surface area contributed by atoms with Crippen molar-refractivity contribution in [3.63, 3.8) is 0 Å². The molecule has 0 bridgehead atoms. The van der Waals surface area contributed by atoms with Crippen LogP contribution < -0.4 is 0 Å². The highest BCUT2D eigenvalue weighted by Crippen LogP contribution is 2.43. The lowest BCUT2D eigenvalue weighted by molar-refractivity contribution is 0.620. The first-order valence-corrected chi connectivity index (χ1v) is 17.3. The van der Waals surface area contributed by atoms with Gasteiger partial charge in [-0.1, -0.05) is 121 Å². The molecule has 50 heavy (non-hydrogen) atoms. The number of fused-ring (bicyclic) bond motifs is 5. The van der Waals surface area contributed by atoms with Crippen molar-refractivity contribution in [1.82, 2.24) is 19.9 Å². The van der Waals surface area contributed by atoms with Gasteiger partial charge in [-0.05, 0) is 46.7 Å². The minimum absolute atomic E-state index is 0.613. The Balaban J connectivity index is 1.23. The van der Waals surface area contributed by atoms with Crippen LogP contribution in [-0.4, -0.2) is 19.9 Å². The van der Waals surface area contributed by atoms with Crippen LogP contribution in [0, 0.1) is 0 Å². The van der Waals surface area contributed by atoms with E-state index in [1.807, 2.05) is 66.7 Å². The Labute approximate surface area is 291 Å². The van der Waals surface area contributed by atoms with Gasteiger partial charge in [-0.25, -0.2) is 19.9 Å². The maximum atomic E-state index is 6.24. The molecule has 3 heterocycles. The fourth-order valence-corrected chi connectivity index (χ4v) is 7.99. The van der Waals surface area contributed by atoms with Crippen molar-refractivity contribution in [1.29, 1.82) is 0 Å². The third kappa shape index (κ3) is 4.77. The van der Waals surface area contributed by atoms with Gasteiger partial charge in [0.2, 0.25) is 5.89 Å². The van der Waals surface area contributed by atoms with Crippen LogP contribution >= 0.6 is 11.3 Å². The first kappa shape index (κ1) is 28.5. The predicted molar refractivity (Wildman–Crippen MR) is 205 cm³/mol. The third-order valence-corrected chi connectivity index (χ3v) is 10.3. The second-order valence-corrected chi connectivity index (χ2v) is 13.3. The van der Waals surface area contributed by atoms with Gasteiger partial charge in [0, 0.05) is 54.1 Å². The molecule has 6 heteroatoms. The summed E-state index contributed by atoms with van der Waals surface area (Å²) >= 11 is 1.73. The van der Waals surface area contributed by atoms with E-state index in [1.54, 1.807) is 11.3 Å². The van der Waals surface area contributed by atoms with Crippen molar-refractivity contribution in [3.05, 3.63) is 158 Å². The molecule has 10 aromatic rings. The molecule has 3 aromatic heterocycles. The fourth-order valence-electron chi connectivity index (χ4n) is 6.84. The van der Waals surface area contributed by atoms with Crippen molar-refractivity contribution in [3.8, 4) is 56.7 Å². The quantitative estimate of drug-likeness (QED) is 0.184. The van der Waals surface area contributed by atoms with Gasteiger partial charge >= 0.3 is 0 Å². The van der Waals surface area contributed by atoms with Gasteiger partial charge in [0.05, 0.1) is 0 Å². The van der Waals surface area contributed by atoms with Crippen molar-refractivity contribution < 1.29 is 4.42 Å². The molecule has 0 saturated carbocycles. The number of thiophene rings is 1. The van der Waals surface area contributed by atoms with Crippen molar-refractivity contribution >= 4 is 53.4 Å². The molecule has 0 saturated heterocycles. The summed E-state index contributed by atoms with van der Waals surface area (Å²) in [6.45, 7) is 0. The van der Waals surface area contributed by atoms with E-state index < -0.39 is 0 Å². The van der Waals surface area contributed by atoms with Gasteiger partial charge in [-0.15, -0.1) is 11.3 Å². The van der Waals surface area contributed by atoms with E-state index in [0.717, 1.165) is 75.4 Å². The maximum absolute atomic E-state index is 6.24. The van der Waals surface area contributed by atoms with E-state index in [1.165, 1.54) is 0 Å². The zero-order valence-electron chi connectivity index (χ0n) is 26.6. The summed E-state index contributed by atoms with van der Waals surface area (Å²) in [7, 11) is 0. The molecule has 5 nitrogen and oxygen atoms in total. The summed E-state index contributed by atoms with van der Waals surface area (Å²) in [4.78, 5) is 20.5. The van der Waals surface area contributed by atoms with Crippen LogP contribution in [0.3, 0.4) is 0 Å². The number of nitrogens with zero attached hydrogens (tertiary/aromatic N) is 4. The lowest BCUT2D eigenvalue weighted by Crippen LogP contribution is -2.01. The molecule has 10 rings (SSSR count). The van der Waals surface area contributed by atoms with Gasteiger partial charge in [0.25, 0.3) is 0 Å². The van der Waals surface area contributed by atoms with E-state index >= 15 is 0 Å². The highest BCUT2D eigenvalue weighted by atomic mass is 32.1. The summed E-state index contributed by atoms with van der Waals surface area (Å²) in [5, 5.41) is 4.50. The average molecular weight is 659 g/mol. The molecule has 0 aliphatic carbocycles. The van der Waals surface area contributed by atoms with Crippen LogP contribution in [0.15, 0.2) is 162 Å². The summed E-state index contributed by atoms with van der Waals surface area (Å²) in [6.07, 6.45) is 0. The van der Waals surface area contributed by atoms with Gasteiger partial charge in [-0.2, -0.15) is 0 Å². The molecular weight excluding hydrogens is 633 g/mol. The molecule has 0 N–H and O–H groups in total. The molecule has 234 valence electrons. The summed E-state index contributed by atoms with van der Waals surface area (Å²) in [5.74, 6) is 2.49. The number of oxazole rings is 1. The Morgan fingerprint density at radius 2 is 1.10 bits per heavy atom.